The molecule has 0 saturated carbocycles. The van der Waals surface area contributed by atoms with Gasteiger partial charge in [0.15, 0.2) is 5.13 Å². The summed E-state index contributed by atoms with van der Waals surface area (Å²) >= 11 is 1.51. The van der Waals surface area contributed by atoms with E-state index in [1.807, 2.05) is 67.7 Å². The average molecular weight is 480 g/mol. The molecule has 1 heterocycles. The fourth-order valence-corrected chi connectivity index (χ4v) is 4.83. The molecule has 0 spiro atoms. The third-order valence-corrected chi connectivity index (χ3v) is 6.69. The van der Waals surface area contributed by atoms with Gasteiger partial charge in [0.2, 0.25) is 11.8 Å². The molecular formula is C27H33N3O3S. The lowest BCUT2D eigenvalue weighted by Gasteiger charge is -2.17. The summed E-state index contributed by atoms with van der Waals surface area (Å²) in [5, 5.41) is 6.36. The average Bonchev–Trinajstić information content (AvgIpc) is 3.28. The van der Waals surface area contributed by atoms with Crippen molar-refractivity contribution in [2.75, 3.05) is 5.32 Å². The lowest BCUT2D eigenvalue weighted by Crippen LogP contribution is -2.44. The molecule has 2 amide bonds. The van der Waals surface area contributed by atoms with E-state index < -0.39 is 6.04 Å². The largest absolute Gasteiger partial charge is 0.457 e. The Morgan fingerprint density at radius 1 is 1.00 bits per heavy atom. The molecule has 0 unspecified atom stereocenters. The van der Waals surface area contributed by atoms with E-state index in [1.165, 1.54) is 16.2 Å². The summed E-state index contributed by atoms with van der Waals surface area (Å²) in [6.45, 7) is 6.30. The highest BCUT2D eigenvalue weighted by Crippen LogP contribution is 2.30. The number of hydrogen-bond acceptors (Lipinski definition) is 5. The molecule has 0 aliphatic heterocycles. The van der Waals surface area contributed by atoms with Crippen molar-refractivity contribution in [2.24, 2.45) is 0 Å². The number of anilines is 1. The van der Waals surface area contributed by atoms with E-state index in [-0.39, 0.29) is 18.2 Å². The highest BCUT2D eigenvalue weighted by atomic mass is 32.1. The van der Waals surface area contributed by atoms with Gasteiger partial charge in [-0.2, -0.15) is 0 Å². The second-order valence-electron chi connectivity index (χ2n) is 8.22. The van der Waals surface area contributed by atoms with E-state index in [0.717, 1.165) is 30.6 Å². The number of carbonyl (C=O) groups is 2. The molecule has 3 rings (SSSR count). The topological polar surface area (TPSA) is 80.3 Å². The summed E-state index contributed by atoms with van der Waals surface area (Å²) in [4.78, 5) is 31.2. The van der Waals surface area contributed by atoms with Crippen LogP contribution in [0.5, 0.6) is 11.5 Å². The molecule has 0 fully saturated rings. The van der Waals surface area contributed by atoms with Gasteiger partial charge >= 0.3 is 0 Å². The van der Waals surface area contributed by atoms with Crippen molar-refractivity contribution in [2.45, 2.75) is 64.8 Å². The number of para-hydroxylation sites is 1. The first kappa shape index (κ1) is 25.4. The predicted molar refractivity (Wildman–Crippen MR) is 138 cm³/mol. The molecule has 3 aromatic rings. The molecular weight excluding hydrogens is 446 g/mol. The number of benzene rings is 2. The van der Waals surface area contributed by atoms with Crippen molar-refractivity contribution in [3.8, 4) is 11.5 Å². The molecule has 6 nitrogen and oxygen atoms in total. The maximum absolute atomic E-state index is 12.9. The second-order valence-corrected chi connectivity index (χ2v) is 9.28. The number of rotatable bonds is 12. The van der Waals surface area contributed by atoms with Gasteiger partial charge in [-0.15, -0.1) is 11.3 Å². The summed E-state index contributed by atoms with van der Waals surface area (Å²) in [5.41, 5.74) is 0.816. The van der Waals surface area contributed by atoms with Crippen molar-refractivity contribution in [3.63, 3.8) is 0 Å². The molecule has 0 saturated heterocycles. The molecule has 0 aliphatic carbocycles. The Hall–Kier alpha value is -3.19. The lowest BCUT2D eigenvalue weighted by molar-refractivity contribution is -0.126. The number of thiazole rings is 1. The molecule has 0 radical (unpaired) electrons. The number of nitrogens with one attached hydrogen (secondary N) is 2. The predicted octanol–water partition coefficient (Wildman–Crippen LogP) is 6.31. The van der Waals surface area contributed by atoms with Crippen LogP contribution in [0.4, 0.5) is 5.13 Å². The van der Waals surface area contributed by atoms with Crippen LogP contribution in [0.1, 0.15) is 62.8 Å². The molecule has 1 aromatic heterocycles. The Balaban J connectivity index is 1.59. The van der Waals surface area contributed by atoms with Crippen LogP contribution in [0.2, 0.25) is 0 Å². The Kier molecular flexibility index (Phi) is 9.64. The van der Waals surface area contributed by atoms with Gasteiger partial charge in [-0.3, -0.25) is 9.59 Å². The van der Waals surface area contributed by atoms with Crippen molar-refractivity contribution >= 4 is 28.3 Å². The highest BCUT2D eigenvalue weighted by Gasteiger charge is 2.22. The minimum Gasteiger partial charge on any atom is -0.457 e. The van der Waals surface area contributed by atoms with E-state index in [1.54, 1.807) is 0 Å². The molecule has 7 heteroatoms. The van der Waals surface area contributed by atoms with Gasteiger partial charge in [0.1, 0.15) is 17.5 Å². The minimum absolute atomic E-state index is 0.162. The van der Waals surface area contributed by atoms with Gasteiger partial charge in [0.05, 0.1) is 6.42 Å². The number of ether oxygens (including phenoxy) is 1. The van der Waals surface area contributed by atoms with Gasteiger partial charge < -0.3 is 15.4 Å². The van der Waals surface area contributed by atoms with Crippen LogP contribution in [0, 0.1) is 0 Å². The smallest absolute Gasteiger partial charge is 0.248 e. The van der Waals surface area contributed by atoms with Crippen LogP contribution in [0.15, 0.2) is 60.8 Å². The molecule has 0 aliphatic rings. The number of hydrogen-bond donors (Lipinski definition) is 2. The van der Waals surface area contributed by atoms with Crippen LogP contribution in [-0.2, 0) is 16.0 Å². The molecule has 34 heavy (non-hydrogen) atoms. The van der Waals surface area contributed by atoms with Gasteiger partial charge in [0, 0.05) is 11.1 Å². The quantitative estimate of drug-likeness (QED) is 0.319. The normalized spacial score (nSPS) is 11.8. The first-order chi connectivity index (χ1) is 16.5. The van der Waals surface area contributed by atoms with Crippen LogP contribution in [0.25, 0.3) is 0 Å². The monoisotopic (exact) mass is 479 g/mol. The van der Waals surface area contributed by atoms with E-state index in [9.17, 15) is 9.59 Å². The van der Waals surface area contributed by atoms with Crippen LogP contribution < -0.4 is 15.4 Å². The highest BCUT2D eigenvalue weighted by molar-refractivity contribution is 7.15. The summed E-state index contributed by atoms with van der Waals surface area (Å²) in [5.74, 6) is 1.41. The number of aromatic nitrogens is 1. The van der Waals surface area contributed by atoms with Crippen LogP contribution in [-0.4, -0.2) is 22.8 Å². The van der Waals surface area contributed by atoms with E-state index >= 15 is 0 Å². The van der Waals surface area contributed by atoms with Gasteiger partial charge in [-0.05, 0) is 55.0 Å². The maximum atomic E-state index is 12.9. The number of carbonyl (C=O) groups excluding carboxylic acids is 2. The first-order valence-electron chi connectivity index (χ1n) is 11.9. The van der Waals surface area contributed by atoms with Gasteiger partial charge in [-0.25, -0.2) is 4.98 Å². The molecule has 0 bridgehead atoms. The summed E-state index contributed by atoms with van der Waals surface area (Å²) < 4.78 is 5.86. The second kappa shape index (κ2) is 12.9. The van der Waals surface area contributed by atoms with Crippen molar-refractivity contribution in [3.05, 3.63) is 71.2 Å². The Labute approximate surface area is 205 Å². The van der Waals surface area contributed by atoms with E-state index in [2.05, 4.69) is 29.5 Å². The maximum Gasteiger partial charge on any atom is 0.248 e. The number of nitrogens with zero attached hydrogens (tertiary/aromatic N) is 1. The molecule has 2 N–H and O–H groups in total. The number of amides is 2. The zero-order valence-electron chi connectivity index (χ0n) is 20.0. The minimum atomic E-state index is -0.609. The zero-order valence-corrected chi connectivity index (χ0v) is 20.9. The fraction of sp³-hybridized carbons (Fsp3) is 0.370. The Morgan fingerprint density at radius 2 is 1.74 bits per heavy atom. The summed E-state index contributed by atoms with van der Waals surface area (Å²) in [7, 11) is 0. The van der Waals surface area contributed by atoms with Crippen LogP contribution in [0.3, 0.4) is 0 Å². The van der Waals surface area contributed by atoms with Gasteiger partial charge in [0.25, 0.3) is 0 Å². The SMILES string of the molecule is CCC[C@H](NC(=O)Cc1cccc(Oc2ccccc2)c1)C(=O)Nc1ncc(C(CC)CC)s1. The lowest BCUT2D eigenvalue weighted by atomic mass is 10.0. The molecule has 2 aromatic carbocycles. The van der Waals surface area contributed by atoms with Crippen molar-refractivity contribution in [1.29, 1.82) is 0 Å². The summed E-state index contributed by atoms with van der Waals surface area (Å²) in [6.07, 6.45) is 5.41. The molecule has 180 valence electrons. The zero-order chi connectivity index (χ0) is 24.3. The first-order valence-corrected chi connectivity index (χ1v) is 12.7. The standard InChI is InChI=1S/C27H33N3O3S/c1-4-11-23(26(32)30-27-28-18-24(34-27)20(5-2)6-3)29-25(31)17-19-12-10-15-22(16-19)33-21-13-8-7-9-14-21/h7-10,12-16,18,20,23H,4-6,11,17H2,1-3H3,(H,29,31)(H,28,30,32)/t23-/m0/s1. The third kappa shape index (κ3) is 7.42. The van der Waals surface area contributed by atoms with Gasteiger partial charge in [-0.1, -0.05) is 57.5 Å². The van der Waals surface area contributed by atoms with E-state index in [0.29, 0.717) is 23.2 Å². The summed E-state index contributed by atoms with van der Waals surface area (Å²) in [6, 6.07) is 16.3. The van der Waals surface area contributed by atoms with Crippen molar-refractivity contribution in [1.82, 2.24) is 10.3 Å². The Morgan fingerprint density at radius 3 is 2.44 bits per heavy atom. The molecule has 1 atom stereocenters. The fourth-order valence-electron chi connectivity index (χ4n) is 3.75. The Bertz CT molecular complexity index is 1060. The van der Waals surface area contributed by atoms with Crippen LogP contribution >= 0.6 is 11.3 Å². The van der Waals surface area contributed by atoms with Crippen molar-refractivity contribution < 1.29 is 14.3 Å². The third-order valence-electron chi connectivity index (χ3n) is 5.61. The van der Waals surface area contributed by atoms with E-state index in [4.69, 9.17) is 4.74 Å².